The minimum atomic E-state index is -0.237. The molecule has 1 aromatic heterocycles. The number of hydrogen-bond acceptors (Lipinski definition) is 5. The number of ether oxygens (including phenoxy) is 1. The van der Waals surface area contributed by atoms with Crippen molar-refractivity contribution in [1.29, 1.82) is 0 Å². The molecule has 0 bridgehead atoms. The van der Waals surface area contributed by atoms with E-state index >= 15 is 0 Å². The number of aromatic nitrogens is 2. The fourth-order valence-electron chi connectivity index (χ4n) is 0.876. The van der Waals surface area contributed by atoms with Gasteiger partial charge in [0.2, 0.25) is 0 Å². The molecule has 0 aliphatic rings. The summed E-state index contributed by atoms with van der Waals surface area (Å²) in [4.78, 5) is 19.3. The first-order chi connectivity index (χ1) is 7.08. The second-order valence-electron chi connectivity index (χ2n) is 3.37. The summed E-state index contributed by atoms with van der Waals surface area (Å²) in [6, 6.07) is 0. The lowest BCUT2D eigenvalue weighted by molar-refractivity contribution is -0.144. The third kappa shape index (κ3) is 4.78. The molecular weight excluding hydrogens is 212 g/mol. The first-order valence-corrected chi connectivity index (χ1v) is 5.67. The van der Waals surface area contributed by atoms with E-state index in [1.807, 2.05) is 20.8 Å². The van der Waals surface area contributed by atoms with Crippen LogP contribution >= 0.6 is 11.8 Å². The number of carbonyl (C=O) groups is 1. The van der Waals surface area contributed by atoms with Crippen LogP contribution in [0.25, 0.3) is 0 Å². The minimum absolute atomic E-state index is 0.0722. The van der Waals surface area contributed by atoms with Crippen molar-refractivity contribution in [3.63, 3.8) is 0 Å². The summed E-state index contributed by atoms with van der Waals surface area (Å²) >= 11 is 1.28. The topological polar surface area (TPSA) is 52.1 Å². The van der Waals surface area contributed by atoms with Crippen LogP contribution in [0.1, 0.15) is 19.4 Å². The molecule has 0 saturated carbocycles. The van der Waals surface area contributed by atoms with Crippen LogP contribution in [0.4, 0.5) is 0 Å². The molecule has 15 heavy (non-hydrogen) atoms. The number of esters is 1. The summed E-state index contributed by atoms with van der Waals surface area (Å²) in [6.07, 6.45) is 3.38. The Balaban J connectivity index is 2.37. The number of rotatable bonds is 4. The predicted octanol–water partition coefficient (Wildman–Crippen LogP) is 1.83. The van der Waals surface area contributed by atoms with Gasteiger partial charge in [0.25, 0.3) is 0 Å². The zero-order valence-electron chi connectivity index (χ0n) is 9.06. The number of hydrogen-bond donors (Lipinski definition) is 0. The first-order valence-electron chi connectivity index (χ1n) is 4.69. The standard InChI is InChI=1S/C10H14N2O2S/c1-7(2)14-9(13)6-15-10-11-4-8(3)5-12-10/h4-5,7H,6H2,1-3H3. The third-order valence-electron chi connectivity index (χ3n) is 1.44. The van der Waals surface area contributed by atoms with E-state index in [1.165, 1.54) is 11.8 Å². The molecule has 82 valence electrons. The Morgan fingerprint density at radius 2 is 2.07 bits per heavy atom. The molecule has 0 aromatic carbocycles. The van der Waals surface area contributed by atoms with Crippen LogP contribution < -0.4 is 0 Å². The van der Waals surface area contributed by atoms with E-state index in [2.05, 4.69) is 9.97 Å². The van der Waals surface area contributed by atoms with Gasteiger partial charge in [0, 0.05) is 12.4 Å². The van der Waals surface area contributed by atoms with Gasteiger partial charge in [-0.25, -0.2) is 9.97 Å². The molecule has 0 spiro atoms. The Kier molecular flexibility index (Phi) is 4.55. The van der Waals surface area contributed by atoms with Crippen molar-refractivity contribution in [2.75, 3.05) is 5.75 Å². The van der Waals surface area contributed by atoms with E-state index in [0.717, 1.165) is 5.56 Å². The molecule has 0 amide bonds. The van der Waals surface area contributed by atoms with Crippen molar-refractivity contribution in [3.8, 4) is 0 Å². The summed E-state index contributed by atoms with van der Waals surface area (Å²) < 4.78 is 4.98. The Hall–Kier alpha value is -1.10. The van der Waals surface area contributed by atoms with Crippen LogP contribution in [0.15, 0.2) is 17.6 Å². The lowest BCUT2D eigenvalue weighted by atomic mass is 10.4. The molecule has 0 unspecified atom stereocenters. The summed E-state index contributed by atoms with van der Waals surface area (Å²) in [6.45, 7) is 5.57. The van der Waals surface area contributed by atoms with Crippen LogP contribution in [0.5, 0.6) is 0 Å². The van der Waals surface area contributed by atoms with Crippen molar-refractivity contribution in [2.45, 2.75) is 32.0 Å². The van der Waals surface area contributed by atoms with Crippen LogP contribution in [0.3, 0.4) is 0 Å². The maximum Gasteiger partial charge on any atom is 0.316 e. The molecule has 0 fully saturated rings. The third-order valence-corrected chi connectivity index (χ3v) is 2.29. The molecule has 0 radical (unpaired) electrons. The summed E-state index contributed by atoms with van der Waals surface area (Å²) in [5.41, 5.74) is 1.00. The fourth-order valence-corrected chi connectivity index (χ4v) is 1.45. The van der Waals surface area contributed by atoms with E-state index in [-0.39, 0.29) is 17.8 Å². The average Bonchev–Trinajstić information content (AvgIpc) is 2.16. The molecule has 4 nitrogen and oxygen atoms in total. The highest BCUT2D eigenvalue weighted by Crippen LogP contribution is 2.12. The zero-order chi connectivity index (χ0) is 11.3. The van der Waals surface area contributed by atoms with Gasteiger partial charge in [0.15, 0.2) is 5.16 Å². The van der Waals surface area contributed by atoms with Crippen molar-refractivity contribution in [2.24, 2.45) is 0 Å². The van der Waals surface area contributed by atoms with E-state index in [0.29, 0.717) is 5.16 Å². The quantitative estimate of drug-likeness (QED) is 0.445. The largest absolute Gasteiger partial charge is 0.462 e. The van der Waals surface area contributed by atoms with Gasteiger partial charge in [-0.15, -0.1) is 0 Å². The molecule has 1 rings (SSSR count). The second kappa shape index (κ2) is 5.70. The van der Waals surface area contributed by atoms with Gasteiger partial charge in [0.05, 0.1) is 11.9 Å². The van der Waals surface area contributed by atoms with E-state index in [1.54, 1.807) is 12.4 Å². The summed E-state index contributed by atoms with van der Waals surface area (Å²) in [5.74, 6) is 0.0144. The van der Waals surface area contributed by atoms with Gasteiger partial charge in [0.1, 0.15) is 0 Å². The van der Waals surface area contributed by atoms with Gasteiger partial charge < -0.3 is 4.74 Å². The van der Waals surface area contributed by atoms with Crippen LogP contribution in [-0.4, -0.2) is 27.8 Å². The molecule has 1 aromatic rings. The smallest absolute Gasteiger partial charge is 0.316 e. The van der Waals surface area contributed by atoms with Crippen LogP contribution in [-0.2, 0) is 9.53 Å². The van der Waals surface area contributed by atoms with E-state index in [4.69, 9.17) is 4.74 Å². The van der Waals surface area contributed by atoms with Crippen molar-refractivity contribution >= 4 is 17.7 Å². The van der Waals surface area contributed by atoms with Crippen LogP contribution in [0, 0.1) is 6.92 Å². The number of nitrogens with zero attached hydrogens (tertiary/aromatic N) is 2. The predicted molar refractivity (Wildman–Crippen MR) is 58.7 cm³/mol. The normalized spacial score (nSPS) is 10.4. The molecule has 0 saturated heterocycles. The van der Waals surface area contributed by atoms with Crippen molar-refractivity contribution in [3.05, 3.63) is 18.0 Å². The van der Waals surface area contributed by atoms with Crippen molar-refractivity contribution in [1.82, 2.24) is 9.97 Å². The molecule has 0 atom stereocenters. The number of thioether (sulfide) groups is 1. The maximum absolute atomic E-state index is 11.2. The lowest BCUT2D eigenvalue weighted by Crippen LogP contribution is -2.13. The minimum Gasteiger partial charge on any atom is -0.462 e. The van der Waals surface area contributed by atoms with Gasteiger partial charge in [-0.2, -0.15) is 0 Å². The number of carbonyl (C=O) groups excluding carboxylic acids is 1. The molecule has 0 N–H and O–H groups in total. The van der Waals surface area contributed by atoms with E-state index in [9.17, 15) is 4.79 Å². The Bertz CT molecular complexity index is 325. The SMILES string of the molecule is Cc1cnc(SCC(=O)OC(C)C)nc1. The van der Waals surface area contributed by atoms with Crippen molar-refractivity contribution < 1.29 is 9.53 Å². The Morgan fingerprint density at radius 1 is 1.47 bits per heavy atom. The highest BCUT2D eigenvalue weighted by Gasteiger charge is 2.07. The Morgan fingerprint density at radius 3 is 2.60 bits per heavy atom. The van der Waals surface area contributed by atoms with Gasteiger partial charge in [-0.3, -0.25) is 4.79 Å². The average molecular weight is 226 g/mol. The summed E-state index contributed by atoms with van der Waals surface area (Å²) in [5, 5.41) is 0.598. The summed E-state index contributed by atoms with van der Waals surface area (Å²) in [7, 11) is 0. The lowest BCUT2D eigenvalue weighted by Gasteiger charge is -2.06. The Labute approximate surface area is 93.5 Å². The first kappa shape index (κ1) is 12.0. The molecule has 5 heteroatoms. The zero-order valence-corrected chi connectivity index (χ0v) is 9.87. The number of aryl methyl sites for hydroxylation is 1. The monoisotopic (exact) mass is 226 g/mol. The molecule has 0 aliphatic heterocycles. The maximum atomic E-state index is 11.2. The van der Waals surface area contributed by atoms with Gasteiger partial charge in [-0.05, 0) is 26.3 Å². The highest BCUT2D eigenvalue weighted by atomic mass is 32.2. The second-order valence-corrected chi connectivity index (χ2v) is 4.31. The van der Waals surface area contributed by atoms with E-state index < -0.39 is 0 Å². The molecular formula is C10H14N2O2S. The molecule has 0 aliphatic carbocycles. The highest BCUT2D eigenvalue weighted by molar-refractivity contribution is 7.99. The molecule has 1 heterocycles. The van der Waals surface area contributed by atoms with Gasteiger partial charge in [-0.1, -0.05) is 11.8 Å². The fraction of sp³-hybridized carbons (Fsp3) is 0.500. The van der Waals surface area contributed by atoms with Gasteiger partial charge >= 0.3 is 5.97 Å². The van der Waals surface area contributed by atoms with Crippen LogP contribution in [0.2, 0.25) is 0 Å².